The molecule has 1 unspecified atom stereocenters. The molecule has 0 radical (unpaired) electrons. The Kier molecular flexibility index (Phi) is 10.3. The van der Waals surface area contributed by atoms with Gasteiger partial charge >= 0.3 is 0 Å². The highest BCUT2D eigenvalue weighted by Crippen LogP contribution is 2.32. The second-order valence-corrected chi connectivity index (χ2v) is 11.6. The number of likely N-dealkylation sites (N-methyl/N-ethyl adjacent to an activating group) is 1. The van der Waals surface area contributed by atoms with Gasteiger partial charge in [-0.05, 0) is 55.8 Å². The molecular formula is C28H31Cl2N3O6S. The van der Waals surface area contributed by atoms with E-state index < -0.39 is 34.4 Å². The standard InChI is InChI=1S/C28H31Cl2N3O6S/c1-18-6-9-21(10-7-18)33(40(36,37)22-11-13-25(38-4)26(15-22)39-5)17-27(34)32(19(2)28(35)31-3)16-20-8-12-23(29)24(30)14-20/h6-15,19H,16-17H2,1-5H3,(H,31,35). The monoisotopic (exact) mass is 607 g/mol. The summed E-state index contributed by atoms with van der Waals surface area (Å²) < 4.78 is 39.5. The molecule has 2 amide bonds. The highest BCUT2D eigenvalue weighted by Gasteiger charge is 2.33. The van der Waals surface area contributed by atoms with E-state index in [9.17, 15) is 18.0 Å². The topological polar surface area (TPSA) is 105 Å². The summed E-state index contributed by atoms with van der Waals surface area (Å²) in [5.74, 6) is -0.454. The minimum absolute atomic E-state index is 0.0115. The van der Waals surface area contributed by atoms with E-state index in [4.69, 9.17) is 32.7 Å². The number of methoxy groups -OCH3 is 2. The molecule has 0 fully saturated rings. The van der Waals surface area contributed by atoms with Crippen molar-refractivity contribution >= 4 is 50.7 Å². The number of rotatable bonds is 11. The maximum Gasteiger partial charge on any atom is 0.264 e. The van der Waals surface area contributed by atoms with Gasteiger partial charge in [0.2, 0.25) is 11.8 Å². The maximum absolute atomic E-state index is 14.0. The van der Waals surface area contributed by atoms with Crippen molar-refractivity contribution in [1.29, 1.82) is 0 Å². The fourth-order valence-electron chi connectivity index (χ4n) is 3.97. The Hall–Kier alpha value is -3.47. The fraction of sp³-hybridized carbons (Fsp3) is 0.286. The van der Waals surface area contributed by atoms with E-state index in [0.717, 1.165) is 9.87 Å². The number of benzene rings is 3. The molecule has 3 aromatic rings. The van der Waals surface area contributed by atoms with Gasteiger partial charge in [0.1, 0.15) is 12.6 Å². The van der Waals surface area contributed by atoms with E-state index in [1.54, 1.807) is 49.4 Å². The summed E-state index contributed by atoms with van der Waals surface area (Å²) in [4.78, 5) is 27.6. The van der Waals surface area contributed by atoms with Crippen LogP contribution in [-0.2, 0) is 26.2 Å². The van der Waals surface area contributed by atoms with Gasteiger partial charge in [-0.2, -0.15) is 0 Å². The smallest absolute Gasteiger partial charge is 0.264 e. The van der Waals surface area contributed by atoms with Gasteiger partial charge in [-0.3, -0.25) is 13.9 Å². The molecular weight excluding hydrogens is 577 g/mol. The third-order valence-corrected chi connectivity index (χ3v) is 8.80. The summed E-state index contributed by atoms with van der Waals surface area (Å²) in [6, 6.07) is 14.9. The van der Waals surface area contributed by atoms with Crippen molar-refractivity contribution < 1.29 is 27.5 Å². The molecule has 1 N–H and O–H groups in total. The van der Waals surface area contributed by atoms with Gasteiger partial charge in [-0.1, -0.05) is 47.0 Å². The highest BCUT2D eigenvalue weighted by atomic mass is 35.5. The summed E-state index contributed by atoms with van der Waals surface area (Å²) in [6.07, 6.45) is 0. The molecule has 214 valence electrons. The van der Waals surface area contributed by atoms with E-state index in [1.165, 1.54) is 44.4 Å². The van der Waals surface area contributed by atoms with Crippen LogP contribution in [0.3, 0.4) is 0 Å². The predicted octanol–water partition coefficient (Wildman–Crippen LogP) is 4.68. The average molecular weight is 609 g/mol. The van der Waals surface area contributed by atoms with Gasteiger partial charge in [0.15, 0.2) is 11.5 Å². The first-order chi connectivity index (χ1) is 18.9. The minimum atomic E-state index is -4.28. The number of sulfonamides is 1. The lowest BCUT2D eigenvalue weighted by atomic mass is 10.1. The number of hydrogen-bond acceptors (Lipinski definition) is 6. The first-order valence-corrected chi connectivity index (χ1v) is 14.4. The Morgan fingerprint density at radius 1 is 0.925 bits per heavy atom. The Bertz CT molecular complexity index is 1480. The van der Waals surface area contributed by atoms with Crippen molar-refractivity contribution in [1.82, 2.24) is 10.2 Å². The fourth-order valence-corrected chi connectivity index (χ4v) is 5.72. The molecule has 0 aliphatic carbocycles. The zero-order valence-electron chi connectivity index (χ0n) is 22.8. The second-order valence-electron chi connectivity index (χ2n) is 8.92. The van der Waals surface area contributed by atoms with Crippen molar-refractivity contribution in [2.45, 2.75) is 31.3 Å². The van der Waals surface area contributed by atoms with Gasteiger partial charge in [-0.15, -0.1) is 0 Å². The first-order valence-electron chi connectivity index (χ1n) is 12.2. The third-order valence-electron chi connectivity index (χ3n) is 6.29. The van der Waals surface area contributed by atoms with Crippen LogP contribution < -0.4 is 19.1 Å². The Morgan fingerprint density at radius 2 is 1.57 bits per heavy atom. The van der Waals surface area contributed by atoms with E-state index in [-0.39, 0.29) is 27.9 Å². The van der Waals surface area contributed by atoms with E-state index in [1.807, 2.05) is 6.92 Å². The minimum Gasteiger partial charge on any atom is -0.493 e. The summed E-state index contributed by atoms with van der Waals surface area (Å²) in [5, 5.41) is 3.17. The van der Waals surface area contributed by atoms with Crippen molar-refractivity contribution in [2.75, 3.05) is 32.1 Å². The van der Waals surface area contributed by atoms with Gasteiger partial charge in [-0.25, -0.2) is 8.42 Å². The molecule has 0 spiro atoms. The number of carbonyl (C=O) groups is 2. The molecule has 12 heteroatoms. The second kappa shape index (κ2) is 13.3. The van der Waals surface area contributed by atoms with E-state index >= 15 is 0 Å². The van der Waals surface area contributed by atoms with Crippen LogP contribution in [0.5, 0.6) is 11.5 Å². The Labute approximate surface area is 244 Å². The molecule has 0 aliphatic rings. The Balaban J connectivity index is 2.07. The number of hydrogen-bond donors (Lipinski definition) is 1. The van der Waals surface area contributed by atoms with Gasteiger partial charge < -0.3 is 19.7 Å². The maximum atomic E-state index is 14.0. The molecule has 0 saturated heterocycles. The van der Waals surface area contributed by atoms with Crippen LogP contribution >= 0.6 is 23.2 Å². The summed E-state index contributed by atoms with van der Waals surface area (Å²) in [7, 11) is 0.0236. The predicted molar refractivity (Wildman–Crippen MR) is 156 cm³/mol. The molecule has 0 aromatic heterocycles. The number of nitrogens with one attached hydrogen (secondary N) is 1. The number of nitrogens with zero attached hydrogens (tertiary/aromatic N) is 2. The summed E-state index contributed by atoms with van der Waals surface area (Å²) in [6.45, 7) is 2.84. The van der Waals surface area contributed by atoms with Crippen LogP contribution in [0.2, 0.25) is 10.0 Å². The molecule has 0 saturated carbocycles. The molecule has 0 aliphatic heterocycles. The lowest BCUT2D eigenvalue weighted by Gasteiger charge is -2.32. The number of ether oxygens (including phenoxy) is 2. The van der Waals surface area contributed by atoms with Crippen molar-refractivity contribution in [2.24, 2.45) is 0 Å². The van der Waals surface area contributed by atoms with Crippen LogP contribution in [0.15, 0.2) is 65.6 Å². The van der Waals surface area contributed by atoms with E-state index in [2.05, 4.69) is 5.32 Å². The van der Waals surface area contributed by atoms with Crippen LogP contribution in [0.1, 0.15) is 18.1 Å². The van der Waals surface area contributed by atoms with Crippen LogP contribution in [-0.4, -0.2) is 59.0 Å². The largest absolute Gasteiger partial charge is 0.493 e. The number of amides is 2. The first kappa shape index (κ1) is 31.1. The van der Waals surface area contributed by atoms with Crippen LogP contribution in [0, 0.1) is 6.92 Å². The zero-order chi connectivity index (χ0) is 29.6. The van der Waals surface area contributed by atoms with Crippen molar-refractivity contribution in [3.63, 3.8) is 0 Å². The molecule has 40 heavy (non-hydrogen) atoms. The molecule has 0 heterocycles. The number of halogens is 2. The van der Waals surface area contributed by atoms with Gasteiger partial charge in [0.05, 0.1) is 34.8 Å². The lowest BCUT2D eigenvalue weighted by molar-refractivity contribution is -0.139. The Morgan fingerprint density at radius 3 is 2.15 bits per heavy atom. The van der Waals surface area contributed by atoms with Gasteiger partial charge in [0, 0.05) is 19.7 Å². The van der Waals surface area contributed by atoms with Crippen molar-refractivity contribution in [3.05, 3.63) is 81.8 Å². The molecule has 3 aromatic carbocycles. The highest BCUT2D eigenvalue weighted by molar-refractivity contribution is 7.92. The normalized spacial score (nSPS) is 11.9. The van der Waals surface area contributed by atoms with Crippen LogP contribution in [0.25, 0.3) is 0 Å². The van der Waals surface area contributed by atoms with Crippen molar-refractivity contribution in [3.8, 4) is 11.5 Å². The molecule has 1 atom stereocenters. The number of anilines is 1. The molecule has 9 nitrogen and oxygen atoms in total. The number of carbonyl (C=O) groups excluding carboxylic acids is 2. The number of aryl methyl sites for hydroxylation is 1. The quantitative estimate of drug-likeness (QED) is 0.339. The zero-order valence-corrected chi connectivity index (χ0v) is 25.1. The third kappa shape index (κ3) is 6.99. The molecule has 0 bridgehead atoms. The lowest BCUT2D eigenvalue weighted by Crippen LogP contribution is -2.50. The van der Waals surface area contributed by atoms with Gasteiger partial charge in [0.25, 0.3) is 10.0 Å². The van der Waals surface area contributed by atoms with Crippen LogP contribution in [0.4, 0.5) is 5.69 Å². The summed E-state index contributed by atoms with van der Waals surface area (Å²) in [5.41, 5.74) is 1.80. The van der Waals surface area contributed by atoms with E-state index in [0.29, 0.717) is 16.3 Å². The summed E-state index contributed by atoms with van der Waals surface area (Å²) >= 11 is 12.2. The average Bonchev–Trinajstić information content (AvgIpc) is 2.95. The SMILES string of the molecule is CNC(=O)C(C)N(Cc1ccc(Cl)c(Cl)c1)C(=O)CN(c1ccc(C)cc1)S(=O)(=O)c1ccc(OC)c(OC)c1. The molecule has 3 rings (SSSR count).